The molecule has 2 aromatic heterocycles. The molecule has 1 saturated carbocycles. The van der Waals surface area contributed by atoms with E-state index in [-0.39, 0.29) is 23.8 Å². The number of benzene rings is 1. The number of halogens is 2. The Morgan fingerprint density at radius 2 is 1.89 bits per heavy atom. The number of anilines is 1. The lowest BCUT2D eigenvalue weighted by Crippen LogP contribution is -2.36. The molecule has 11 heteroatoms. The minimum atomic E-state index is -3.07. The first-order valence-electron chi connectivity index (χ1n) is 12.6. The lowest BCUT2D eigenvalue weighted by Gasteiger charge is -2.31. The van der Waals surface area contributed by atoms with E-state index in [4.69, 9.17) is 9.72 Å². The molecule has 1 saturated heterocycles. The number of methoxy groups -OCH3 is 1. The zero-order valence-electron chi connectivity index (χ0n) is 20.9. The number of hydrogen-bond acceptors (Lipinski definition) is 8. The van der Waals surface area contributed by atoms with Crippen molar-refractivity contribution < 1.29 is 18.3 Å². The highest BCUT2D eigenvalue weighted by molar-refractivity contribution is 7.97. The molecular formula is C26H31F2N5O3S. The van der Waals surface area contributed by atoms with Crippen molar-refractivity contribution in [3.63, 3.8) is 0 Å². The maximum atomic E-state index is 13.2. The van der Waals surface area contributed by atoms with Gasteiger partial charge in [0.05, 0.1) is 7.11 Å². The summed E-state index contributed by atoms with van der Waals surface area (Å²) in [5, 5.41) is 3.93. The van der Waals surface area contributed by atoms with Crippen molar-refractivity contribution in [3.8, 4) is 11.5 Å². The second-order valence-corrected chi connectivity index (χ2v) is 10.8. The summed E-state index contributed by atoms with van der Waals surface area (Å²) in [7, 11) is 1.66. The SMILES string of the molecule is COc1ccc(SN2CCC(Nc3ncc4cc(OC(F)F)c(=O)n(C5CCCC5C)c4n3)CC2)cc1. The first kappa shape index (κ1) is 25.7. The Kier molecular flexibility index (Phi) is 7.80. The largest absolute Gasteiger partial charge is 0.497 e. The highest BCUT2D eigenvalue weighted by Gasteiger charge is 2.29. The highest BCUT2D eigenvalue weighted by Crippen LogP contribution is 2.36. The number of rotatable bonds is 8. The number of ether oxygens (including phenoxy) is 2. The summed E-state index contributed by atoms with van der Waals surface area (Å²) in [6, 6.07) is 9.43. The second-order valence-electron chi connectivity index (χ2n) is 9.62. The minimum absolute atomic E-state index is 0.114. The van der Waals surface area contributed by atoms with Crippen LogP contribution in [0.4, 0.5) is 14.7 Å². The molecule has 8 nitrogen and oxygen atoms in total. The van der Waals surface area contributed by atoms with Crippen LogP contribution in [-0.2, 0) is 0 Å². The van der Waals surface area contributed by atoms with Crippen LogP contribution in [0.15, 0.2) is 46.2 Å². The van der Waals surface area contributed by atoms with Gasteiger partial charge in [-0.25, -0.2) is 9.29 Å². The molecule has 5 rings (SSSR count). The molecule has 2 fully saturated rings. The number of piperidine rings is 1. The topological polar surface area (TPSA) is 81.5 Å². The van der Waals surface area contributed by atoms with E-state index in [0.29, 0.717) is 17.0 Å². The van der Waals surface area contributed by atoms with Crippen LogP contribution in [0.1, 0.15) is 45.1 Å². The molecule has 198 valence electrons. The molecule has 1 aliphatic heterocycles. The first-order valence-corrected chi connectivity index (χ1v) is 13.4. The van der Waals surface area contributed by atoms with Crippen LogP contribution in [0.3, 0.4) is 0 Å². The van der Waals surface area contributed by atoms with Gasteiger partial charge in [-0.2, -0.15) is 13.8 Å². The Hall–Kier alpha value is -2.92. The number of nitrogens with zero attached hydrogens (tertiary/aromatic N) is 4. The van der Waals surface area contributed by atoms with E-state index in [2.05, 4.69) is 38.4 Å². The van der Waals surface area contributed by atoms with Gasteiger partial charge in [-0.3, -0.25) is 9.36 Å². The maximum Gasteiger partial charge on any atom is 0.387 e. The quantitative estimate of drug-likeness (QED) is 0.390. The Balaban J connectivity index is 1.31. The van der Waals surface area contributed by atoms with E-state index in [1.54, 1.807) is 29.8 Å². The number of pyridine rings is 1. The summed E-state index contributed by atoms with van der Waals surface area (Å²) < 4.78 is 39.6. The third-order valence-corrected chi connectivity index (χ3v) is 8.29. The molecule has 1 aromatic carbocycles. The fourth-order valence-electron chi connectivity index (χ4n) is 5.22. The second kappa shape index (κ2) is 11.2. The van der Waals surface area contributed by atoms with E-state index < -0.39 is 12.2 Å². The molecule has 3 aromatic rings. The van der Waals surface area contributed by atoms with E-state index in [1.807, 2.05) is 12.1 Å². The summed E-state index contributed by atoms with van der Waals surface area (Å²) in [4.78, 5) is 23.5. The summed E-state index contributed by atoms with van der Waals surface area (Å²) in [5.41, 5.74) is -0.115. The molecule has 1 N–H and O–H groups in total. The molecule has 0 amide bonds. The monoisotopic (exact) mass is 531 g/mol. The predicted molar refractivity (Wildman–Crippen MR) is 140 cm³/mol. The first-order chi connectivity index (χ1) is 17.9. The standard InChI is InChI=1S/C26H31F2N5O3S/c1-16-4-3-5-21(16)33-23-17(14-22(24(33)34)36-25(27)28)15-29-26(31-23)30-18-10-12-32(13-11-18)37-20-8-6-19(35-2)7-9-20/h6-9,14-16,18,21,25H,3-5,10-13H2,1-2H3,(H,29,30,31). The van der Waals surface area contributed by atoms with Crippen LogP contribution >= 0.6 is 11.9 Å². The van der Waals surface area contributed by atoms with E-state index in [0.717, 1.165) is 50.9 Å². The van der Waals surface area contributed by atoms with Crippen molar-refractivity contribution in [1.82, 2.24) is 18.8 Å². The molecule has 1 aliphatic carbocycles. The third-order valence-electron chi connectivity index (χ3n) is 7.19. The van der Waals surface area contributed by atoms with Crippen molar-refractivity contribution in [2.75, 3.05) is 25.5 Å². The third kappa shape index (κ3) is 5.82. The summed E-state index contributed by atoms with van der Waals surface area (Å²) in [6.45, 7) is 0.811. The van der Waals surface area contributed by atoms with Crippen LogP contribution in [0.5, 0.6) is 11.5 Å². The summed E-state index contributed by atoms with van der Waals surface area (Å²) >= 11 is 1.73. The molecular weight excluding hydrogens is 500 g/mol. The van der Waals surface area contributed by atoms with Crippen LogP contribution in [0.25, 0.3) is 11.0 Å². The number of nitrogens with one attached hydrogen (secondary N) is 1. The van der Waals surface area contributed by atoms with Crippen LogP contribution in [0, 0.1) is 5.92 Å². The molecule has 3 heterocycles. The lowest BCUT2D eigenvalue weighted by atomic mass is 10.1. The smallest absolute Gasteiger partial charge is 0.387 e. The van der Waals surface area contributed by atoms with Gasteiger partial charge in [0.25, 0.3) is 5.56 Å². The molecule has 2 unspecified atom stereocenters. The van der Waals surface area contributed by atoms with Crippen molar-refractivity contribution in [2.45, 2.75) is 62.6 Å². The van der Waals surface area contributed by atoms with Gasteiger partial charge >= 0.3 is 6.61 Å². The number of fused-ring (bicyclic) bond motifs is 1. The maximum absolute atomic E-state index is 13.2. The lowest BCUT2D eigenvalue weighted by molar-refractivity contribution is -0.0510. The zero-order valence-corrected chi connectivity index (χ0v) is 21.7. The number of hydrogen-bond donors (Lipinski definition) is 1. The van der Waals surface area contributed by atoms with Crippen LogP contribution in [-0.4, -0.2) is 51.7 Å². The fourth-order valence-corrected chi connectivity index (χ4v) is 6.17. The normalized spacial score (nSPS) is 21.0. The van der Waals surface area contributed by atoms with Crippen LogP contribution < -0.4 is 20.3 Å². The molecule has 2 aliphatic rings. The van der Waals surface area contributed by atoms with Gasteiger partial charge in [0.1, 0.15) is 11.4 Å². The Morgan fingerprint density at radius 3 is 2.54 bits per heavy atom. The zero-order chi connectivity index (χ0) is 25.9. The van der Waals surface area contributed by atoms with Crippen molar-refractivity contribution in [3.05, 3.63) is 46.9 Å². The number of alkyl halides is 2. The van der Waals surface area contributed by atoms with E-state index in [1.165, 1.54) is 11.0 Å². The summed E-state index contributed by atoms with van der Waals surface area (Å²) in [5.74, 6) is 1.15. The average Bonchev–Trinajstić information content (AvgIpc) is 3.31. The molecule has 0 radical (unpaired) electrons. The van der Waals surface area contributed by atoms with Crippen molar-refractivity contribution in [1.29, 1.82) is 0 Å². The van der Waals surface area contributed by atoms with Gasteiger partial charge in [-0.05, 0) is 73.9 Å². The van der Waals surface area contributed by atoms with Crippen molar-refractivity contribution in [2.24, 2.45) is 5.92 Å². The Bertz CT molecular complexity index is 1280. The van der Waals surface area contributed by atoms with Gasteiger partial charge < -0.3 is 14.8 Å². The minimum Gasteiger partial charge on any atom is -0.497 e. The highest BCUT2D eigenvalue weighted by atomic mass is 32.2. The Morgan fingerprint density at radius 1 is 1.14 bits per heavy atom. The molecule has 37 heavy (non-hydrogen) atoms. The average molecular weight is 532 g/mol. The molecule has 0 spiro atoms. The van der Waals surface area contributed by atoms with Gasteiger partial charge in [0.15, 0.2) is 5.75 Å². The predicted octanol–water partition coefficient (Wildman–Crippen LogP) is 5.35. The van der Waals surface area contributed by atoms with Gasteiger partial charge in [0.2, 0.25) is 5.95 Å². The fraction of sp³-hybridized carbons (Fsp3) is 0.500. The van der Waals surface area contributed by atoms with Gasteiger partial charge in [-0.1, -0.05) is 13.3 Å². The van der Waals surface area contributed by atoms with Crippen LogP contribution in [0.2, 0.25) is 0 Å². The Labute approximate surface area is 218 Å². The van der Waals surface area contributed by atoms with Gasteiger partial charge in [0, 0.05) is 41.7 Å². The van der Waals surface area contributed by atoms with Gasteiger partial charge in [-0.15, -0.1) is 0 Å². The van der Waals surface area contributed by atoms with Crippen molar-refractivity contribution >= 4 is 28.9 Å². The number of aromatic nitrogens is 3. The van der Waals surface area contributed by atoms with E-state index >= 15 is 0 Å². The molecule has 0 bridgehead atoms. The van der Waals surface area contributed by atoms with E-state index in [9.17, 15) is 13.6 Å². The molecule has 2 atom stereocenters. The summed E-state index contributed by atoms with van der Waals surface area (Å²) in [6.07, 6.45) is 6.15.